The predicted octanol–water partition coefficient (Wildman–Crippen LogP) is 8.91. The molecule has 0 rings (SSSR count). The van der Waals surface area contributed by atoms with Crippen molar-refractivity contribution >= 4 is 49.9 Å². The maximum atomic E-state index is 10.2. The second-order valence-corrected chi connectivity index (χ2v) is 12.9. The summed E-state index contributed by atoms with van der Waals surface area (Å²) in [5.74, 6) is 1.03. The number of carbonyl (C=O) groups is 2. The summed E-state index contributed by atoms with van der Waals surface area (Å²) in [7, 11) is 19.5. The number of amides is 2. The molecular formula is C18H50Cl4N6O6Pt2. The number of rotatable bonds is 12. The summed E-state index contributed by atoms with van der Waals surface area (Å²) in [5.41, 5.74) is 0. The molecule has 0 fully saturated rings. The van der Waals surface area contributed by atoms with Crippen LogP contribution in [0.2, 0.25) is 0 Å². The standard InChI is InChI=1S/2C9H19NO2.4ClH.4H2N.2H2O.2Pt/c2*1-3-5-6-8(4-2)7-10-9(11)12;;;;;;;;;;;;/h2*8,10H,3-7H2,1-2H3,(H,11,12);4*1H;6*1H2;;/q;;;;;;4*-1;;;2*+4/p-4. The summed E-state index contributed by atoms with van der Waals surface area (Å²) in [6.07, 6.45) is 7.31. The van der Waals surface area contributed by atoms with E-state index >= 15 is 0 Å². The topological polar surface area (TPSA) is 296 Å². The van der Waals surface area contributed by atoms with Crippen molar-refractivity contribution in [3.63, 3.8) is 0 Å². The summed E-state index contributed by atoms with van der Waals surface area (Å²) in [6.45, 7) is 9.71. The van der Waals surface area contributed by atoms with Crippen molar-refractivity contribution in [1.82, 2.24) is 10.6 Å². The summed E-state index contributed by atoms with van der Waals surface area (Å²) >= 11 is -0.944. The molecule has 0 saturated heterocycles. The maximum absolute atomic E-state index is 10.2. The number of carboxylic acid groups (broad SMARTS) is 2. The van der Waals surface area contributed by atoms with Crippen molar-refractivity contribution in [2.45, 2.75) is 79.1 Å². The zero-order valence-corrected chi connectivity index (χ0v) is 29.0. The van der Waals surface area contributed by atoms with Crippen molar-refractivity contribution in [3.05, 3.63) is 24.6 Å². The van der Waals surface area contributed by atoms with E-state index in [-0.39, 0.29) is 35.6 Å². The fraction of sp³-hybridized carbons (Fsp3) is 0.889. The van der Waals surface area contributed by atoms with Gasteiger partial charge in [-0.15, -0.1) is 0 Å². The minimum absolute atomic E-state index is 0. The number of hydrogen-bond donors (Lipinski definition) is 4. The van der Waals surface area contributed by atoms with E-state index in [1.807, 2.05) is 0 Å². The minimum atomic E-state index is -0.912. The van der Waals surface area contributed by atoms with E-state index in [0.717, 1.165) is 25.7 Å². The van der Waals surface area contributed by atoms with Gasteiger partial charge < -0.3 is 56.4 Å². The predicted molar refractivity (Wildman–Crippen MR) is 150 cm³/mol. The van der Waals surface area contributed by atoms with Crippen LogP contribution in [0.5, 0.6) is 0 Å². The first-order valence-electron chi connectivity index (χ1n) is 9.82. The van der Waals surface area contributed by atoms with Crippen molar-refractivity contribution in [3.8, 4) is 0 Å². The molecule has 0 aromatic heterocycles. The normalized spacial score (nSPS) is 9.56. The zero-order valence-electron chi connectivity index (χ0n) is 21.4. The molecule has 2 amide bonds. The maximum Gasteiger partial charge on any atom is -0.693 e. The van der Waals surface area contributed by atoms with Crippen LogP contribution in [0.15, 0.2) is 0 Å². The van der Waals surface area contributed by atoms with Gasteiger partial charge >= 0.3 is 82.8 Å². The molecule has 0 aromatic rings. The quantitative estimate of drug-likeness (QED) is 0.149. The van der Waals surface area contributed by atoms with Gasteiger partial charge in [0.25, 0.3) is 0 Å². The van der Waals surface area contributed by atoms with Crippen LogP contribution in [0.4, 0.5) is 9.59 Å². The van der Waals surface area contributed by atoms with Gasteiger partial charge in [-0.3, -0.25) is 0 Å². The van der Waals surface area contributed by atoms with Crippen molar-refractivity contribution in [2.24, 2.45) is 11.8 Å². The van der Waals surface area contributed by atoms with E-state index in [0.29, 0.717) is 24.9 Å². The van der Waals surface area contributed by atoms with E-state index < -0.39 is 45.1 Å². The van der Waals surface area contributed by atoms with Crippen LogP contribution < -0.4 is 10.6 Å². The van der Waals surface area contributed by atoms with Gasteiger partial charge in [0.2, 0.25) is 0 Å². The third-order valence-electron chi connectivity index (χ3n) is 4.17. The third-order valence-corrected chi connectivity index (χ3v) is 4.17. The fourth-order valence-corrected chi connectivity index (χ4v) is 2.35. The molecule has 236 valence electrons. The van der Waals surface area contributed by atoms with Gasteiger partial charge in [-0.1, -0.05) is 66.2 Å². The Labute approximate surface area is 251 Å². The summed E-state index contributed by atoms with van der Waals surface area (Å²) in [6, 6.07) is 0. The van der Waals surface area contributed by atoms with Gasteiger partial charge in [0.15, 0.2) is 0 Å². The van der Waals surface area contributed by atoms with E-state index in [4.69, 9.17) is 47.9 Å². The molecule has 18 heteroatoms. The van der Waals surface area contributed by atoms with Gasteiger partial charge in [0, 0.05) is 13.1 Å². The average molecular weight is 979 g/mol. The number of nitrogens with one attached hydrogen (secondary N) is 2. The van der Waals surface area contributed by atoms with E-state index in [1.54, 1.807) is 0 Å². The van der Waals surface area contributed by atoms with E-state index in [1.165, 1.54) is 25.7 Å². The number of halogens is 4. The number of hydrogen-bond acceptors (Lipinski definition) is 2. The summed E-state index contributed by atoms with van der Waals surface area (Å²) < 4.78 is 0. The molecule has 0 aliphatic heterocycles. The molecular weight excluding hydrogens is 928 g/mol. The Kier molecular flexibility index (Phi) is 110. The van der Waals surface area contributed by atoms with Crippen LogP contribution in [-0.2, 0) is 33.0 Å². The Morgan fingerprint density at radius 2 is 0.889 bits per heavy atom. The van der Waals surface area contributed by atoms with E-state index in [9.17, 15) is 9.59 Å². The van der Waals surface area contributed by atoms with Crippen LogP contribution in [-0.4, -0.2) is 46.4 Å². The van der Waals surface area contributed by atoms with Crippen molar-refractivity contribution in [2.75, 3.05) is 13.1 Å². The van der Waals surface area contributed by atoms with Gasteiger partial charge in [0.05, 0.1) is 0 Å². The molecule has 0 spiro atoms. The van der Waals surface area contributed by atoms with E-state index in [2.05, 4.69) is 38.3 Å². The molecule has 0 bridgehead atoms. The Balaban J connectivity index is -0.0000000337. The van der Waals surface area contributed by atoms with Gasteiger partial charge in [-0.2, -0.15) is 0 Å². The average Bonchev–Trinajstić information content (AvgIpc) is 2.70. The Morgan fingerprint density at radius 1 is 0.667 bits per heavy atom. The first kappa shape index (κ1) is 65.7. The largest absolute Gasteiger partial charge is 0.693 e. The smallest absolute Gasteiger partial charge is 0.693 e. The molecule has 0 radical (unpaired) electrons. The third kappa shape index (κ3) is 76.5. The first-order chi connectivity index (χ1) is 14.2. The van der Waals surface area contributed by atoms with Gasteiger partial charge in [0.1, 0.15) is 0 Å². The Hall–Kier alpha value is 0.837. The minimum Gasteiger partial charge on any atom is -0.693 e. The number of nitrogens with two attached hydrogens (primary N) is 4. The van der Waals surface area contributed by atoms with Crippen LogP contribution in [0, 0.1) is 11.8 Å². The van der Waals surface area contributed by atoms with Gasteiger partial charge in [-0.05, 0) is 24.7 Å². The van der Waals surface area contributed by atoms with Crippen LogP contribution in [0.3, 0.4) is 0 Å². The molecule has 0 aliphatic carbocycles. The van der Waals surface area contributed by atoms with Crippen molar-refractivity contribution in [1.29, 1.82) is 0 Å². The monoisotopic (exact) mass is 976 g/mol. The molecule has 2 atom stereocenters. The summed E-state index contributed by atoms with van der Waals surface area (Å²) in [4.78, 5) is 20.4. The summed E-state index contributed by atoms with van der Waals surface area (Å²) in [5, 5.41) is 21.6. The zero-order chi connectivity index (χ0) is 24.2. The second kappa shape index (κ2) is 60.4. The number of unbranched alkanes of at least 4 members (excludes halogenated alkanes) is 2. The molecule has 0 aromatic carbocycles. The van der Waals surface area contributed by atoms with Crippen LogP contribution in [0.25, 0.3) is 24.6 Å². The Morgan fingerprint density at radius 3 is 1.03 bits per heavy atom. The molecule has 0 saturated carbocycles. The van der Waals surface area contributed by atoms with Crippen LogP contribution in [0.1, 0.15) is 79.1 Å². The molecule has 0 heterocycles. The molecule has 0 aliphatic rings. The fourth-order valence-electron chi connectivity index (χ4n) is 2.35. The molecule has 2 unspecified atom stereocenters. The first-order valence-corrected chi connectivity index (χ1v) is 21.1. The Bertz CT molecular complexity index is 350. The molecule has 12 nitrogen and oxygen atoms in total. The second-order valence-electron chi connectivity index (χ2n) is 6.30. The molecule has 36 heavy (non-hydrogen) atoms. The van der Waals surface area contributed by atoms with Gasteiger partial charge in [-0.25, -0.2) is 9.59 Å². The SMILES string of the molecule is CCCCC(CC)CNC(=O)O.CCCCC(CC)CNC(=O)O.O.O.[Cl][Pt+2][Cl].[Cl][Pt+2][Cl].[NH2-].[NH2-].[NH2-].[NH2-]. The van der Waals surface area contributed by atoms with Crippen LogP contribution >= 0.6 is 37.7 Å². The van der Waals surface area contributed by atoms with Crippen molar-refractivity contribution < 1.29 is 63.7 Å². The molecule has 16 N–H and O–H groups in total.